The van der Waals surface area contributed by atoms with Crippen LogP contribution in [0.5, 0.6) is 0 Å². The molecule has 3 aliphatic heterocycles. The van der Waals surface area contributed by atoms with Gasteiger partial charge < -0.3 is 89.9 Å². The Bertz CT molecular complexity index is 1720. The lowest BCUT2D eigenvalue weighted by Gasteiger charge is -2.48. The Morgan fingerprint density at radius 2 is 0.685 bits per heavy atom. The third-order valence-electron chi connectivity index (χ3n) is 19.3. The van der Waals surface area contributed by atoms with Crippen LogP contribution in [0.15, 0.2) is 12.2 Å². The number of aliphatic hydroxyl groups is 11. The van der Waals surface area contributed by atoms with Gasteiger partial charge in [0.15, 0.2) is 18.9 Å². The maximum absolute atomic E-state index is 13.4. The zero-order valence-corrected chi connectivity index (χ0v) is 57.8. The van der Waals surface area contributed by atoms with Crippen molar-refractivity contribution in [3.05, 3.63) is 12.2 Å². The molecule has 12 N–H and O–H groups in total. The number of carbonyl (C=O) groups excluding carboxylic acids is 1. The molecule has 0 aromatic rings. The van der Waals surface area contributed by atoms with Crippen molar-refractivity contribution in [1.82, 2.24) is 5.32 Å². The van der Waals surface area contributed by atoms with E-state index in [9.17, 15) is 61.0 Å². The van der Waals surface area contributed by atoms with Crippen molar-refractivity contribution in [2.24, 2.45) is 0 Å². The molecule has 0 aromatic heterocycles. The van der Waals surface area contributed by atoms with Gasteiger partial charge in [-0.2, -0.15) is 0 Å². The summed E-state index contributed by atoms with van der Waals surface area (Å²) in [7, 11) is 0. The van der Waals surface area contributed by atoms with E-state index < -0.39 is 124 Å². The quantitative estimate of drug-likeness (QED) is 0.0199. The smallest absolute Gasteiger partial charge is 0.220 e. The summed E-state index contributed by atoms with van der Waals surface area (Å²) in [4.78, 5) is 13.4. The normalized spacial score (nSPS) is 27.7. The molecule has 0 spiro atoms. The predicted octanol–water partition coefficient (Wildman–Crippen LogP) is 11.2. The van der Waals surface area contributed by atoms with E-state index in [1.807, 2.05) is 0 Å². The van der Waals surface area contributed by atoms with E-state index >= 15 is 0 Å². The van der Waals surface area contributed by atoms with Crippen LogP contribution >= 0.6 is 0 Å². The molecule has 3 fully saturated rings. The molecule has 3 aliphatic rings. The molecule has 17 atom stereocenters. The Morgan fingerprint density at radius 1 is 0.380 bits per heavy atom. The minimum absolute atomic E-state index is 0.240. The van der Waals surface area contributed by atoms with Crippen molar-refractivity contribution in [3.63, 3.8) is 0 Å². The summed E-state index contributed by atoms with van der Waals surface area (Å²) in [5.74, 6) is -0.240. The van der Waals surface area contributed by atoms with Crippen LogP contribution in [-0.4, -0.2) is 193 Å². The summed E-state index contributed by atoms with van der Waals surface area (Å²) in [6.45, 7) is 1.78. The summed E-state index contributed by atoms with van der Waals surface area (Å²) < 4.78 is 34.3. The minimum Gasteiger partial charge on any atom is -0.394 e. The highest BCUT2D eigenvalue weighted by Gasteiger charge is 2.53. The van der Waals surface area contributed by atoms with Crippen LogP contribution in [0.2, 0.25) is 0 Å². The number of rotatable bonds is 60. The molecule has 0 bridgehead atoms. The van der Waals surface area contributed by atoms with E-state index in [0.717, 1.165) is 44.9 Å². The van der Waals surface area contributed by atoms with E-state index in [2.05, 4.69) is 31.3 Å². The average Bonchev–Trinajstić information content (AvgIpc) is 0.830. The van der Waals surface area contributed by atoms with Crippen LogP contribution in [0.1, 0.15) is 316 Å². The summed E-state index contributed by atoms with van der Waals surface area (Å²) in [6, 6.07) is -0.880. The first-order chi connectivity index (χ1) is 44.8. The molecule has 1 amide bonds. The number of hydrogen-bond donors (Lipinski definition) is 12. The van der Waals surface area contributed by atoms with E-state index in [4.69, 9.17) is 28.4 Å². The number of hydrogen-bond acceptors (Lipinski definition) is 18. The van der Waals surface area contributed by atoms with Gasteiger partial charge in [-0.15, -0.1) is 0 Å². The number of carbonyl (C=O) groups is 1. The molecule has 0 saturated carbocycles. The van der Waals surface area contributed by atoms with Crippen LogP contribution in [0.25, 0.3) is 0 Å². The Balaban J connectivity index is 1.23. The van der Waals surface area contributed by atoms with E-state index in [0.29, 0.717) is 12.8 Å². The monoisotopic (exact) mass is 1320 g/mol. The number of unbranched alkanes of at least 4 members (excludes halogenated alkanes) is 42. The van der Waals surface area contributed by atoms with Gasteiger partial charge in [-0.25, -0.2) is 0 Å². The second kappa shape index (κ2) is 55.4. The highest BCUT2D eigenvalue weighted by atomic mass is 16.8. The van der Waals surface area contributed by atoms with Crippen molar-refractivity contribution >= 4 is 5.91 Å². The molecule has 19 heteroatoms. The molecule has 3 heterocycles. The topological polar surface area (TPSA) is 307 Å². The number of allylic oxidation sites excluding steroid dienone is 2. The standard InChI is InChI=1S/C73H139NO18/c1-3-5-7-9-11-13-14-15-16-17-18-19-20-21-22-23-24-25-26-27-28-29-30-31-32-33-34-35-36-37-38-39-40-41-42-43-45-47-49-51-61(79)74-56(57(78)50-48-46-44-12-10-8-6-4-2)55-87-71-67(85)64(82)69(59(53-76)89-71)92-73-68(86)65(83)70(60(54-77)90-73)91-72-66(84)63(81)62(80)58(52-75)88-72/h17-18,56-60,62-73,75-78,80-86H,3-16,19-55H2,1-2H3,(H,74,79)/b18-17-. The van der Waals surface area contributed by atoms with Crippen LogP contribution in [-0.2, 0) is 33.2 Å². The molecule has 19 nitrogen and oxygen atoms in total. The first-order valence-electron chi connectivity index (χ1n) is 37.9. The van der Waals surface area contributed by atoms with E-state index in [1.165, 1.54) is 238 Å². The molecule has 0 aromatic carbocycles. The van der Waals surface area contributed by atoms with Gasteiger partial charge in [-0.05, 0) is 38.5 Å². The number of ether oxygens (including phenoxy) is 6. The maximum Gasteiger partial charge on any atom is 0.220 e. The Morgan fingerprint density at radius 3 is 1.05 bits per heavy atom. The second-order valence-electron chi connectivity index (χ2n) is 27.5. The fraction of sp³-hybridized carbons (Fsp3) is 0.959. The van der Waals surface area contributed by atoms with Gasteiger partial charge in [0, 0.05) is 6.42 Å². The number of nitrogens with one attached hydrogen (secondary N) is 1. The van der Waals surface area contributed by atoms with Crippen molar-refractivity contribution in [2.75, 3.05) is 26.4 Å². The van der Waals surface area contributed by atoms with Crippen LogP contribution in [0.4, 0.5) is 0 Å². The molecular formula is C73H139NO18. The zero-order valence-electron chi connectivity index (χ0n) is 57.8. The molecule has 17 unspecified atom stereocenters. The minimum atomic E-state index is -1.97. The molecule has 92 heavy (non-hydrogen) atoms. The highest BCUT2D eigenvalue weighted by molar-refractivity contribution is 5.76. The Hall–Kier alpha value is -1.47. The largest absolute Gasteiger partial charge is 0.394 e. The SMILES string of the molecule is CCCCCCCCCC/C=C\CCCCCCCCCCCCCCCCCCCCCCCCCCCCCC(=O)NC(COC1OC(CO)C(OC2OC(CO)C(OC3OC(CO)C(O)C(O)C3O)C(O)C2O)C(O)C1O)C(O)CCCCCCCCCC. The van der Waals surface area contributed by atoms with Crippen LogP contribution in [0.3, 0.4) is 0 Å². The van der Waals surface area contributed by atoms with Crippen molar-refractivity contribution in [3.8, 4) is 0 Å². The first-order valence-corrected chi connectivity index (χ1v) is 37.9. The van der Waals surface area contributed by atoms with Gasteiger partial charge in [0.25, 0.3) is 0 Å². The van der Waals surface area contributed by atoms with Gasteiger partial charge in [-0.3, -0.25) is 4.79 Å². The fourth-order valence-electron chi connectivity index (χ4n) is 13.2. The number of amides is 1. The average molecular weight is 1320 g/mol. The molecule has 3 rings (SSSR count). The van der Waals surface area contributed by atoms with Crippen molar-refractivity contribution in [2.45, 2.75) is 420 Å². The Kier molecular flexibility index (Phi) is 51.0. The third-order valence-corrected chi connectivity index (χ3v) is 19.3. The molecular weight excluding hydrogens is 1180 g/mol. The predicted molar refractivity (Wildman–Crippen MR) is 360 cm³/mol. The van der Waals surface area contributed by atoms with Crippen molar-refractivity contribution in [1.29, 1.82) is 0 Å². The molecule has 0 aliphatic carbocycles. The molecule has 3 saturated heterocycles. The summed E-state index contributed by atoms with van der Waals surface area (Å²) in [5.41, 5.74) is 0. The van der Waals surface area contributed by atoms with Crippen LogP contribution in [0, 0.1) is 0 Å². The van der Waals surface area contributed by atoms with Gasteiger partial charge in [-0.1, -0.05) is 283 Å². The lowest BCUT2D eigenvalue weighted by atomic mass is 9.96. The van der Waals surface area contributed by atoms with Gasteiger partial charge in [0.05, 0.1) is 38.6 Å². The first kappa shape index (κ1) is 84.8. The summed E-state index contributed by atoms with van der Waals surface area (Å²) in [6.07, 6.45) is 36.7. The van der Waals surface area contributed by atoms with Gasteiger partial charge in [0.1, 0.15) is 73.2 Å². The fourth-order valence-corrected chi connectivity index (χ4v) is 13.2. The van der Waals surface area contributed by atoms with Crippen molar-refractivity contribution < 1.29 is 89.4 Å². The highest BCUT2D eigenvalue weighted by Crippen LogP contribution is 2.33. The third kappa shape index (κ3) is 36.4. The maximum atomic E-state index is 13.4. The zero-order chi connectivity index (χ0) is 66.8. The van der Waals surface area contributed by atoms with Crippen LogP contribution < -0.4 is 5.32 Å². The summed E-state index contributed by atoms with van der Waals surface area (Å²) in [5, 5.41) is 120. The lowest BCUT2D eigenvalue weighted by Crippen LogP contribution is -2.66. The van der Waals surface area contributed by atoms with Gasteiger partial charge >= 0.3 is 0 Å². The number of aliphatic hydroxyl groups excluding tert-OH is 11. The lowest BCUT2D eigenvalue weighted by molar-refractivity contribution is -0.379. The van der Waals surface area contributed by atoms with E-state index in [1.54, 1.807) is 0 Å². The molecule has 0 radical (unpaired) electrons. The summed E-state index contributed by atoms with van der Waals surface area (Å²) >= 11 is 0. The van der Waals surface area contributed by atoms with E-state index in [-0.39, 0.29) is 18.9 Å². The second-order valence-corrected chi connectivity index (χ2v) is 27.5. The Labute approximate surface area is 556 Å². The van der Waals surface area contributed by atoms with Gasteiger partial charge in [0.2, 0.25) is 5.91 Å². The molecule has 544 valence electrons.